The number of fused-ring (bicyclic) bond motifs is 3. The monoisotopic (exact) mass is 260 g/mol. The van der Waals surface area contributed by atoms with Crippen molar-refractivity contribution >= 4 is 17.1 Å². The van der Waals surface area contributed by atoms with Crippen molar-refractivity contribution in [1.29, 1.82) is 0 Å². The Balaban J connectivity index is 2.08. The summed E-state index contributed by atoms with van der Waals surface area (Å²) in [6.07, 6.45) is 2.15. The van der Waals surface area contributed by atoms with Crippen molar-refractivity contribution in [2.24, 2.45) is 0 Å². The van der Waals surface area contributed by atoms with E-state index in [9.17, 15) is 4.79 Å². The number of ether oxygens (including phenoxy) is 1. The molecule has 0 bridgehead atoms. The maximum Gasteiger partial charge on any atom is 0.146 e. The van der Waals surface area contributed by atoms with Gasteiger partial charge in [-0.25, -0.2) is 4.98 Å². The largest absolute Gasteiger partial charge is 0.485 e. The van der Waals surface area contributed by atoms with E-state index < -0.39 is 0 Å². The molecule has 0 N–H and O–H groups in total. The van der Waals surface area contributed by atoms with E-state index in [0.717, 1.165) is 32.6 Å². The van der Waals surface area contributed by atoms with Crippen LogP contribution in [0.3, 0.4) is 0 Å². The molecule has 2 aromatic heterocycles. The molecule has 0 unspecified atom stereocenters. The van der Waals surface area contributed by atoms with Crippen molar-refractivity contribution in [3.8, 4) is 16.2 Å². The highest BCUT2D eigenvalue weighted by Gasteiger charge is 2.22. The van der Waals surface area contributed by atoms with Crippen molar-refractivity contribution in [3.05, 3.63) is 28.7 Å². The molecule has 5 heteroatoms. The van der Waals surface area contributed by atoms with Crippen molar-refractivity contribution in [2.75, 3.05) is 0 Å². The lowest BCUT2D eigenvalue weighted by atomic mass is 10.1. The van der Waals surface area contributed by atoms with Crippen LogP contribution in [-0.4, -0.2) is 15.8 Å². The molecule has 0 saturated carbocycles. The molecule has 0 amide bonds. The second-order valence-electron chi connectivity index (χ2n) is 4.37. The molecule has 0 radical (unpaired) electrons. The number of rotatable bonds is 2. The first-order chi connectivity index (χ1) is 8.63. The van der Waals surface area contributed by atoms with E-state index in [1.54, 1.807) is 24.5 Å². The molecular formula is C13H12N2O2S. The normalized spacial score (nSPS) is 12.6. The maximum atomic E-state index is 11.2. The number of aromatic nitrogens is 2. The van der Waals surface area contributed by atoms with Gasteiger partial charge < -0.3 is 4.74 Å². The number of ketones is 1. The van der Waals surface area contributed by atoms with Crippen LogP contribution in [-0.2, 0) is 17.8 Å². The first-order valence-corrected chi connectivity index (χ1v) is 6.53. The summed E-state index contributed by atoms with van der Waals surface area (Å²) in [5, 5.41) is 0.860. The molecule has 0 fully saturated rings. The number of hydrogen-bond donors (Lipinski definition) is 0. The van der Waals surface area contributed by atoms with E-state index in [-0.39, 0.29) is 5.78 Å². The zero-order valence-electron chi connectivity index (χ0n) is 10.2. The predicted octanol–water partition coefficient (Wildman–Crippen LogP) is 2.54. The Morgan fingerprint density at radius 3 is 3.17 bits per heavy atom. The zero-order valence-corrected chi connectivity index (χ0v) is 11.0. The Labute approximate surface area is 109 Å². The highest BCUT2D eigenvalue weighted by atomic mass is 32.1. The molecule has 18 heavy (non-hydrogen) atoms. The fourth-order valence-corrected chi connectivity index (χ4v) is 3.14. The summed E-state index contributed by atoms with van der Waals surface area (Å²) < 4.78 is 5.62. The van der Waals surface area contributed by atoms with Gasteiger partial charge in [0.05, 0.1) is 23.2 Å². The average Bonchev–Trinajstić information content (AvgIpc) is 2.70. The molecule has 0 atom stereocenters. The van der Waals surface area contributed by atoms with E-state index in [1.807, 2.05) is 13.0 Å². The summed E-state index contributed by atoms with van der Waals surface area (Å²) >= 11 is 1.58. The average molecular weight is 260 g/mol. The fourth-order valence-electron chi connectivity index (χ4n) is 1.98. The smallest absolute Gasteiger partial charge is 0.146 e. The van der Waals surface area contributed by atoms with Gasteiger partial charge in [-0.1, -0.05) is 0 Å². The minimum atomic E-state index is 0.133. The number of aryl methyl sites for hydroxylation is 1. The SMILES string of the molecule is CC(=O)Cc1nc2c(s1)-c1cc(C)ncc1OC2. The van der Waals surface area contributed by atoms with E-state index in [2.05, 4.69) is 9.97 Å². The van der Waals surface area contributed by atoms with Gasteiger partial charge in [0.15, 0.2) is 0 Å². The molecule has 3 rings (SSSR count). The summed E-state index contributed by atoms with van der Waals surface area (Å²) in [6, 6.07) is 2.00. The molecule has 4 nitrogen and oxygen atoms in total. The van der Waals surface area contributed by atoms with Crippen LogP contribution in [0.4, 0.5) is 0 Å². The third-order valence-electron chi connectivity index (χ3n) is 2.75. The molecular weight excluding hydrogens is 248 g/mol. The molecule has 0 aliphatic carbocycles. The fraction of sp³-hybridized carbons (Fsp3) is 0.308. The van der Waals surface area contributed by atoms with E-state index in [4.69, 9.17) is 4.74 Å². The Bertz CT molecular complexity index is 634. The molecule has 0 spiro atoms. The zero-order chi connectivity index (χ0) is 12.7. The van der Waals surface area contributed by atoms with Gasteiger partial charge in [0, 0.05) is 11.3 Å². The van der Waals surface area contributed by atoms with Gasteiger partial charge in [0.25, 0.3) is 0 Å². The van der Waals surface area contributed by atoms with Crippen molar-refractivity contribution in [1.82, 2.24) is 9.97 Å². The minimum absolute atomic E-state index is 0.133. The molecule has 0 saturated heterocycles. The van der Waals surface area contributed by atoms with Gasteiger partial charge >= 0.3 is 0 Å². The number of nitrogens with zero attached hydrogens (tertiary/aromatic N) is 2. The van der Waals surface area contributed by atoms with E-state index in [1.165, 1.54) is 0 Å². The highest BCUT2D eigenvalue weighted by molar-refractivity contribution is 7.15. The lowest BCUT2D eigenvalue weighted by molar-refractivity contribution is -0.116. The number of pyridine rings is 1. The molecule has 92 valence electrons. The summed E-state index contributed by atoms with van der Waals surface area (Å²) in [5.41, 5.74) is 2.91. The topological polar surface area (TPSA) is 52.1 Å². The summed E-state index contributed by atoms with van der Waals surface area (Å²) in [5.74, 6) is 0.930. The second-order valence-corrected chi connectivity index (χ2v) is 5.46. The quantitative estimate of drug-likeness (QED) is 0.832. The number of carbonyl (C=O) groups excluding carboxylic acids is 1. The second kappa shape index (κ2) is 4.17. The van der Waals surface area contributed by atoms with Crippen LogP contribution < -0.4 is 4.74 Å². The highest BCUT2D eigenvalue weighted by Crippen LogP contribution is 2.40. The third-order valence-corrected chi connectivity index (χ3v) is 3.89. The van der Waals surface area contributed by atoms with Crippen LogP contribution in [0.2, 0.25) is 0 Å². The van der Waals surface area contributed by atoms with E-state index in [0.29, 0.717) is 13.0 Å². The summed E-state index contributed by atoms with van der Waals surface area (Å²) in [7, 11) is 0. The first-order valence-electron chi connectivity index (χ1n) is 5.71. The molecule has 1 aliphatic heterocycles. The van der Waals surface area contributed by atoms with Gasteiger partial charge in [-0.2, -0.15) is 0 Å². The lowest BCUT2D eigenvalue weighted by Gasteiger charge is -2.16. The predicted molar refractivity (Wildman–Crippen MR) is 68.8 cm³/mol. The molecule has 3 heterocycles. The molecule has 2 aromatic rings. The van der Waals surface area contributed by atoms with Gasteiger partial charge in [0.2, 0.25) is 0 Å². The Hall–Kier alpha value is -1.75. The van der Waals surface area contributed by atoms with Gasteiger partial charge in [0.1, 0.15) is 23.1 Å². The van der Waals surface area contributed by atoms with Gasteiger partial charge in [-0.05, 0) is 19.9 Å². The third kappa shape index (κ3) is 1.90. The molecule has 0 aromatic carbocycles. The Morgan fingerprint density at radius 1 is 1.56 bits per heavy atom. The van der Waals surface area contributed by atoms with E-state index >= 15 is 0 Å². The first kappa shape index (κ1) is 11.3. The Kier molecular flexibility index (Phi) is 2.63. The van der Waals surface area contributed by atoms with Crippen LogP contribution in [0.25, 0.3) is 10.4 Å². The lowest BCUT2D eigenvalue weighted by Crippen LogP contribution is -2.05. The number of hydrogen-bond acceptors (Lipinski definition) is 5. The van der Waals surface area contributed by atoms with Gasteiger partial charge in [-0.15, -0.1) is 11.3 Å². The van der Waals surface area contributed by atoms with Crippen LogP contribution in [0.5, 0.6) is 5.75 Å². The Morgan fingerprint density at radius 2 is 2.39 bits per heavy atom. The van der Waals surface area contributed by atoms with Crippen molar-refractivity contribution in [2.45, 2.75) is 26.9 Å². The molecule has 1 aliphatic rings. The standard InChI is InChI=1S/C13H12N2O2S/c1-7-3-9-11(5-14-7)17-6-10-13(9)18-12(15-10)4-8(2)16/h3,5H,4,6H2,1-2H3. The van der Waals surface area contributed by atoms with Crippen molar-refractivity contribution < 1.29 is 9.53 Å². The van der Waals surface area contributed by atoms with Gasteiger partial charge in [-0.3, -0.25) is 9.78 Å². The van der Waals surface area contributed by atoms with Crippen LogP contribution in [0, 0.1) is 6.92 Å². The van der Waals surface area contributed by atoms with Crippen LogP contribution in [0.15, 0.2) is 12.3 Å². The summed E-state index contributed by atoms with van der Waals surface area (Å²) in [6.45, 7) is 3.99. The maximum absolute atomic E-state index is 11.2. The number of carbonyl (C=O) groups is 1. The number of thiazole rings is 1. The number of Topliss-reactive ketones (excluding diaryl/α,β-unsaturated/α-hetero) is 1. The van der Waals surface area contributed by atoms with Crippen LogP contribution in [0.1, 0.15) is 23.3 Å². The minimum Gasteiger partial charge on any atom is -0.485 e. The van der Waals surface area contributed by atoms with Crippen molar-refractivity contribution in [3.63, 3.8) is 0 Å². The van der Waals surface area contributed by atoms with Crippen LogP contribution >= 0.6 is 11.3 Å². The summed E-state index contributed by atoms with van der Waals surface area (Å²) in [4.78, 5) is 21.0.